The van der Waals surface area contributed by atoms with Gasteiger partial charge in [-0.15, -0.1) is 0 Å². The van der Waals surface area contributed by atoms with Gasteiger partial charge in [-0.05, 0) is 78.9 Å². The molecule has 1 amide bonds. The number of methoxy groups -OCH3 is 2. The number of benzene rings is 3. The van der Waals surface area contributed by atoms with Gasteiger partial charge in [0.2, 0.25) is 0 Å². The first-order valence-corrected chi connectivity index (χ1v) is 11.0. The van der Waals surface area contributed by atoms with Crippen LogP contribution in [-0.2, 0) is 6.42 Å². The molecule has 5 nitrogen and oxygen atoms in total. The second-order valence-corrected chi connectivity index (χ2v) is 8.40. The van der Waals surface area contributed by atoms with Crippen molar-refractivity contribution in [3.05, 3.63) is 88.0 Å². The zero-order chi connectivity index (χ0) is 24.4. The first kappa shape index (κ1) is 23.5. The van der Waals surface area contributed by atoms with E-state index in [-0.39, 0.29) is 13.2 Å². The van der Waals surface area contributed by atoms with Crippen molar-refractivity contribution in [3.8, 4) is 17.2 Å². The van der Waals surface area contributed by atoms with Crippen LogP contribution in [0.5, 0.6) is 17.2 Å². The quantitative estimate of drug-likeness (QED) is 0.486. The van der Waals surface area contributed by atoms with Crippen LogP contribution in [0.3, 0.4) is 0 Å². The monoisotopic (exact) mass is 467 g/mol. The van der Waals surface area contributed by atoms with Gasteiger partial charge in [-0.2, -0.15) is 0 Å². The SMILES string of the molecule is COc1cc2c(cc1OC)C(COc1cc(C)cc(C)c1)N(C(=O)c1c(F)cccc1F)CC2. The van der Waals surface area contributed by atoms with Crippen LogP contribution in [-0.4, -0.2) is 38.2 Å². The summed E-state index contributed by atoms with van der Waals surface area (Å²) in [4.78, 5) is 14.9. The van der Waals surface area contributed by atoms with E-state index in [9.17, 15) is 13.6 Å². The lowest BCUT2D eigenvalue weighted by atomic mass is 9.91. The van der Waals surface area contributed by atoms with Crippen LogP contribution < -0.4 is 14.2 Å². The Labute approximate surface area is 197 Å². The number of nitrogens with zero attached hydrogens (tertiary/aromatic N) is 1. The molecule has 7 heteroatoms. The first-order chi connectivity index (χ1) is 16.3. The Balaban J connectivity index is 1.75. The molecule has 3 aromatic rings. The standard InChI is InChI=1S/C27H27F2NO4/c1-16-10-17(2)12-19(11-16)34-15-23-20-14-25(33-4)24(32-3)13-18(20)8-9-30(23)27(31)26-21(28)6-5-7-22(26)29/h5-7,10-14,23H,8-9,15H2,1-4H3. The summed E-state index contributed by atoms with van der Waals surface area (Å²) >= 11 is 0. The number of ether oxygens (including phenoxy) is 3. The summed E-state index contributed by atoms with van der Waals surface area (Å²) in [5.41, 5.74) is 3.28. The van der Waals surface area contributed by atoms with Crippen LogP contribution >= 0.6 is 0 Å². The molecule has 1 atom stereocenters. The van der Waals surface area contributed by atoms with Crippen molar-refractivity contribution < 1.29 is 27.8 Å². The zero-order valence-corrected chi connectivity index (χ0v) is 19.7. The van der Waals surface area contributed by atoms with Crippen molar-refractivity contribution in [2.75, 3.05) is 27.4 Å². The summed E-state index contributed by atoms with van der Waals surface area (Å²) in [6.07, 6.45) is 0.498. The Kier molecular flexibility index (Phi) is 6.72. The predicted octanol–water partition coefficient (Wildman–Crippen LogP) is 5.42. The minimum atomic E-state index is -0.892. The summed E-state index contributed by atoms with van der Waals surface area (Å²) in [7, 11) is 3.09. The third-order valence-electron chi connectivity index (χ3n) is 6.04. The highest BCUT2D eigenvalue weighted by molar-refractivity contribution is 5.95. The minimum Gasteiger partial charge on any atom is -0.493 e. The Hall–Kier alpha value is -3.61. The van der Waals surface area contributed by atoms with Crippen molar-refractivity contribution in [2.24, 2.45) is 0 Å². The molecule has 3 aromatic carbocycles. The van der Waals surface area contributed by atoms with E-state index in [1.807, 2.05) is 38.1 Å². The molecular weight excluding hydrogens is 440 g/mol. The second-order valence-electron chi connectivity index (χ2n) is 8.40. The molecule has 0 fully saturated rings. The second kappa shape index (κ2) is 9.71. The minimum absolute atomic E-state index is 0.104. The molecule has 0 saturated carbocycles. The number of carbonyl (C=O) groups is 1. The third kappa shape index (κ3) is 4.55. The van der Waals surface area contributed by atoms with Gasteiger partial charge in [0.25, 0.3) is 5.91 Å². The van der Waals surface area contributed by atoms with E-state index in [1.165, 1.54) is 18.1 Å². The summed E-state index contributed by atoms with van der Waals surface area (Å²) in [5, 5.41) is 0. The number of aryl methyl sites for hydroxylation is 2. The molecule has 1 heterocycles. The average Bonchev–Trinajstić information content (AvgIpc) is 2.80. The number of amides is 1. The molecule has 1 unspecified atom stereocenters. The molecule has 4 rings (SSSR count). The van der Waals surface area contributed by atoms with Gasteiger partial charge in [-0.1, -0.05) is 12.1 Å². The van der Waals surface area contributed by atoms with Crippen LogP contribution in [0, 0.1) is 25.5 Å². The zero-order valence-electron chi connectivity index (χ0n) is 19.7. The third-order valence-corrected chi connectivity index (χ3v) is 6.04. The van der Waals surface area contributed by atoms with Crippen molar-refractivity contribution in [3.63, 3.8) is 0 Å². The highest BCUT2D eigenvalue weighted by Gasteiger charge is 2.35. The largest absolute Gasteiger partial charge is 0.493 e. The van der Waals surface area contributed by atoms with Crippen LogP contribution in [0.15, 0.2) is 48.5 Å². The molecule has 0 bridgehead atoms. The van der Waals surface area contributed by atoms with Crippen molar-refractivity contribution >= 4 is 5.91 Å². The van der Waals surface area contributed by atoms with Crippen molar-refractivity contribution in [2.45, 2.75) is 26.3 Å². The summed E-state index contributed by atoms with van der Waals surface area (Å²) in [6.45, 7) is 4.33. The van der Waals surface area contributed by atoms with E-state index in [0.717, 1.165) is 34.4 Å². The highest BCUT2D eigenvalue weighted by atomic mass is 19.1. The molecule has 0 aromatic heterocycles. The predicted molar refractivity (Wildman–Crippen MR) is 125 cm³/mol. The topological polar surface area (TPSA) is 48.0 Å². The van der Waals surface area contributed by atoms with Crippen LogP contribution in [0.1, 0.15) is 38.7 Å². The van der Waals surface area contributed by atoms with E-state index < -0.39 is 29.1 Å². The van der Waals surface area contributed by atoms with Gasteiger partial charge in [-0.3, -0.25) is 4.79 Å². The van der Waals surface area contributed by atoms with Gasteiger partial charge < -0.3 is 19.1 Å². The van der Waals surface area contributed by atoms with Crippen LogP contribution in [0.4, 0.5) is 8.78 Å². The maximum Gasteiger partial charge on any atom is 0.260 e. The molecule has 34 heavy (non-hydrogen) atoms. The fourth-order valence-corrected chi connectivity index (χ4v) is 4.49. The Morgan fingerprint density at radius 2 is 1.59 bits per heavy atom. The maximum atomic E-state index is 14.5. The molecule has 0 aliphatic carbocycles. The van der Waals surface area contributed by atoms with Crippen LogP contribution in [0.25, 0.3) is 0 Å². The lowest BCUT2D eigenvalue weighted by Gasteiger charge is -2.37. The van der Waals surface area contributed by atoms with E-state index in [4.69, 9.17) is 14.2 Å². The normalized spacial score (nSPS) is 15.0. The number of halogens is 2. The Morgan fingerprint density at radius 1 is 0.971 bits per heavy atom. The molecule has 0 spiro atoms. The van der Waals surface area contributed by atoms with Gasteiger partial charge >= 0.3 is 0 Å². The highest BCUT2D eigenvalue weighted by Crippen LogP contribution is 2.39. The van der Waals surface area contributed by atoms with Gasteiger partial charge in [0.1, 0.15) is 29.6 Å². The van der Waals surface area contributed by atoms with Crippen molar-refractivity contribution in [1.29, 1.82) is 0 Å². The Bertz CT molecular complexity index is 1190. The molecular formula is C27H27F2NO4. The first-order valence-electron chi connectivity index (χ1n) is 11.0. The summed E-state index contributed by atoms with van der Waals surface area (Å²) in [6, 6.07) is 12.4. The lowest BCUT2D eigenvalue weighted by molar-refractivity contribution is 0.0579. The van der Waals surface area contributed by atoms with Crippen molar-refractivity contribution in [1.82, 2.24) is 4.90 Å². The molecule has 1 aliphatic heterocycles. The smallest absolute Gasteiger partial charge is 0.260 e. The van der Waals surface area contributed by atoms with E-state index >= 15 is 0 Å². The number of carbonyl (C=O) groups excluding carboxylic acids is 1. The van der Waals surface area contributed by atoms with Crippen LogP contribution in [0.2, 0.25) is 0 Å². The van der Waals surface area contributed by atoms with E-state index in [0.29, 0.717) is 23.7 Å². The summed E-state index contributed by atoms with van der Waals surface area (Å²) in [5.74, 6) is -0.757. The van der Waals surface area contributed by atoms with E-state index in [2.05, 4.69) is 0 Å². The molecule has 0 N–H and O–H groups in total. The summed E-state index contributed by atoms with van der Waals surface area (Å²) < 4.78 is 46.0. The molecule has 0 radical (unpaired) electrons. The van der Waals surface area contributed by atoms with Gasteiger partial charge in [0.15, 0.2) is 11.5 Å². The number of rotatable bonds is 6. The number of hydrogen-bond acceptors (Lipinski definition) is 4. The van der Waals surface area contributed by atoms with E-state index in [1.54, 1.807) is 13.2 Å². The average molecular weight is 468 g/mol. The fraction of sp³-hybridized carbons (Fsp3) is 0.296. The Morgan fingerprint density at radius 3 is 2.21 bits per heavy atom. The number of hydrogen-bond donors (Lipinski definition) is 0. The molecule has 0 saturated heterocycles. The fourth-order valence-electron chi connectivity index (χ4n) is 4.49. The van der Waals surface area contributed by atoms with Gasteiger partial charge in [0.05, 0.1) is 20.3 Å². The molecule has 1 aliphatic rings. The van der Waals surface area contributed by atoms with Gasteiger partial charge in [-0.25, -0.2) is 8.78 Å². The lowest BCUT2D eigenvalue weighted by Crippen LogP contribution is -2.43. The molecule has 178 valence electrons. The maximum absolute atomic E-state index is 14.5. The van der Waals surface area contributed by atoms with Gasteiger partial charge in [0, 0.05) is 6.54 Å². The number of fused-ring (bicyclic) bond motifs is 1.